The van der Waals surface area contributed by atoms with Gasteiger partial charge in [0.2, 0.25) is 5.69 Å². The van der Waals surface area contributed by atoms with E-state index in [0.717, 1.165) is 30.2 Å². The van der Waals surface area contributed by atoms with Gasteiger partial charge in [0.25, 0.3) is 0 Å². The third-order valence-electron chi connectivity index (χ3n) is 4.18. The fraction of sp³-hybridized carbons (Fsp3) is 0.400. The van der Waals surface area contributed by atoms with E-state index in [1.54, 1.807) is 0 Å². The molecule has 0 amide bonds. The maximum absolute atomic E-state index is 5.87. The summed E-state index contributed by atoms with van der Waals surface area (Å²) in [4.78, 5) is 2.31. The van der Waals surface area contributed by atoms with Crippen molar-refractivity contribution in [2.24, 2.45) is 12.1 Å². The lowest BCUT2D eigenvalue weighted by Gasteiger charge is -2.24. The van der Waals surface area contributed by atoms with Crippen LogP contribution >= 0.6 is 0 Å². The number of hydrazone groups is 1. The van der Waals surface area contributed by atoms with Gasteiger partial charge in [-0.2, -0.15) is 5.10 Å². The summed E-state index contributed by atoms with van der Waals surface area (Å²) in [6.45, 7) is 8.89. The number of hydrogen-bond donors (Lipinski definition) is 0. The van der Waals surface area contributed by atoms with Gasteiger partial charge in [-0.1, -0.05) is 0 Å². The standard InChI is InChI=1S/C20H29N4O/c1-6-24(7-2)17-12-13-19(20(15-17)25-8-3)23(5)21-16-18-11-9-10-14-22(18)4/h9-16H,6-8H2,1-5H3/q+1. The van der Waals surface area contributed by atoms with Crippen molar-refractivity contribution in [1.29, 1.82) is 0 Å². The molecule has 2 rings (SSSR count). The molecule has 0 saturated carbocycles. The summed E-state index contributed by atoms with van der Waals surface area (Å²) in [7, 11) is 3.94. The monoisotopic (exact) mass is 341 g/mol. The molecule has 0 aliphatic rings. The van der Waals surface area contributed by atoms with Gasteiger partial charge in [-0.15, -0.1) is 0 Å². The Balaban J connectivity index is 2.28. The molecule has 0 bridgehead atoms. The van der Waals surface area contributed by atoms with Crippen LogP contribution in [0.1, 0.15) is 26.5 Å². The first-order chi connectivity index (χ1) is 12.1. The summed E-state index contributed by atoms with van der Waals surface area (Å²) >= 11 is 0. The molecule has 1 heterocycles. The highest BCUT2D eigenvalue weighted by Crippen LogP contribution is 2.32. The highest BCUT2D eigenvalue weighted by atomic mass is 16.5. The second kappa shape index (κ2) is 9.06. The molecule has 134 valence electrons. The molecule has 0 atom stereocenters. The first-order valence-electron chi connectivity index (χ1n) is 8.84. The maximum atomic E-state index is 5.87. The Morgan fingerprint density at radius 2 is 1.88 bits per heavy atom. The van der Waals surface area contributed by atoms with Crippen LogP contribution < -0.4 is 19.2 Å². The number of rotatable bonds is 8. The van der Waals surface area contributed by atoms with Gasteiger partial charge in [0.1, 0.15) is 24.7 Å². The molecule has 0 aliphatic carbocycles. The molecule has 1 aromatic carbocycles. The zero-order chi connectivity index (χ0) is 18.2. The lowest BCUT2D eigenvalue weighted by molar-refractivity contribution is -0.672. The molecule has 2 aromatic rings. The normalized spacial score (nSPS) is 10.9. The number of hydrogen-bond acceptors (Lipinski definition) is 4. The highest BCUT2D eigenvalue weighted by Gasteiger charge is 2.12. The zero-order valence-corrected chi connectivity index (χ0v) is 15.9. The van der Waals surface area contributed by atoms with Crippen molar-refractivity contribution in [3.63, 3.8) is 0 Å². The molecule has 0 spiro atoms. The number of benzene rings is 1. The summed E-state index contributed by atoms with van der Waals surface area (Å²) < 4.78 is 7.90. The van der Waals surface area contributed by atoms with Gasteiger partial charge in [-0.25, -0.2) is 4.57 Å². The fourth-order valence-electron chi connectivity index (χ4n) is 2.71. The predicted octanol–water partition coefficient (Wildman–Crippen LogP) is 3.23. The van der Waals surface area contributed by atoms with Crippen LogP contribution in [0.3, 0.4) is 0 Å². The van der Waals surface area contributed by atoms with Crippen molar-refractivity contribution in [2.75, 3.05) is 36.7 Å². The van der Waals surface area contributed by atoms with Crippen LogP contribution in [0, 0.1) is 0 Å². The molecule has 0 unspecified atom stereocenters. The molecule has 0 aliphatic heterocycles. The lowest BCUT2D eigenvalue weighted by atomic mass is 10.2. The summed E-state index contributed by atoms with van der Waals surface area (Å²) in [6, 6.07) is 12.3. The van der Waals surface area contributed by atoms with Crippen molar-refractivity contribution in [1.82, 2.24) is 0 Å². The van der Waals surface area contributed by atoms with Crippen molar-refractivity contribution in [2.45, 2.75) is 20.8 Å². The molecule has 25 heavy (non-hydrogen) atoms. The Bertz CT molecular complexity index is 711. The number of pyridine rings is 1. The largest absolute Gasteiger partial charge is 0.492 e. The Labute approximate surface area is 151 Å². The topological polar surface area (TPSA) is 31.9 Å². The summed E-state index contributed by atoms with van der Waals surface area (Å²) in [6.07, 6.45) is 3.86. The fourth-order valence-corrected chi connectivity index (χ4v) is 2.71. The Kier molecular flexibility index (Phi) is 6.81. The van der Waals surface area contributed by atoms with Crippen molar-refractivity contribution < 1.29 is 9.30 Å². The minimum Gasteiger partial charge on any atom is -0.492 e. The molecular weight excluding hydrogens is 312 g/mol. The van der Waals surface area contributed by atoms with E-state index in [-0.39, 0.29) is 0 Å². The van der Waals surface area contributed by atoms with Crippen molar-refractivity contribution in [3.05, 3.63) is 48.3 Å². The zero-order valence-electron chi connectivity index (χ0n) is 15.9. The average molecular weight is 341 g/mol. The van der Waals surface area contributed by atoms with E-state index in [1.165, 1.54) is 5.69 Å². The minimum absolute atomic E-state index is 0.625. The lowest BCUT2D eigenvalue weighted by Crippen LogP contribution is -2.32. The predicted molar refractivity (Wildman–Crippen MR) is 105 cm³/mol. The Morgan fingerprint density at radius 3 is 2.52 bits per heavy atom. The smallest absolute Gasteiger partial charge is 0.225 e. The van der Waals surface area contributed by atoms with Crippen LogP contribution in [0.4, 0.5) is 11.4 Å². The molecule has 1 aromatic heterocycles. The molecular formula is C20H29N4O+. The van der Waals surface area contributed by atoms with E-state index in [0.29, 0.717) is 6.61 Å². The van der Waals surface area contributed by atoms with Gasteiger partial charge in [0, 0.05) is 44.0 Å². The molecule has 0 fully saturated rings. The minimum atomic E-state index is 0.625. The first-order valence-corrected chi connectivity index (χ1v) is 8.84. The summed E-state index contributed by atoms with van der Waals surface area (Å²) in [5, 5.41) is 6.43. The van der Waals surface area contributed by atoms with E-state index >= 15 is 0 Å². The van der Waals surface area contributed by atoms with Crippen molar-refractivity contribution in [3.8, 4) is 5.75 Å². The third-order valence-corrected chi connectivity index (χ3v) is 4.18. The van der Waals surface area contributed by atoms with Gasteiger partial charge < -0.3 is 9.64 Å². The average Bonchev–Trinajstić information content (AvgIpc) is 2.62. The number of aromatic nitrogens is 1. The molecule has 5 heteroatoms. The van der Waals surface area contributed by atoms with E-state index in [2.05, 4.69) is 42.0 Å². The van der Waals surface area contributed by atoms with E-state index in [4.69, 9.17) is 4.74 Å². The van der Waals surface area contributed by atoms with E-state index in [1.807, 2.05) is 61.2 Å². The number of ether oxygens (including phenoxy) is 1. The second-order valence-electron chi connectivity index (χ2n) is 5.76. The highest BCUT2D eigenvalue weighted by molar-refractivity contribution is 5.76. The molecule has 5 nitrogen and oxygen atoms in total. The first kappa shape index (κ1) is 18.8. The Hall–Kier alpha value is -2.56. The van der Waals surface area contributed by atoms with Crippen LogP contribution in [0.25, 0.3) is 0 Å². The molecule has 0 radical (unpaired) electrons. The van der Waals surface area contributed by atoms with Crippen LogP contribution in [0.15, 0.2) is 47.7 Å². The van der Waals surface area contributed by atoms with E-state index in [9.17, 15) is 0 Å². The maximum Gasteiger partial charge on any atom is 0.225 e. The number of nitrogens with zero attached hydrogens (tertiary/aromatic N) is 4. The molecule has 0 saturated heterocycles. The molecule has 0 N–H and O–H groups in total. The van der Waals surface area contributed by atoms with Crippen LogP contribution in [-0.2, 0) is 7.05 Å². The van der Waals surface area contributed by atoms with Crippen LogP contribution in [-0.4, -0.2) is 33.0 Å². The van der Waals surface area contributed by atoms with E-state index < -0.39 is 0 Å². The SMILES string of the molecule is CCOc1cc(N(CC)CC)ccc1N(C)/N=C/c1cccc[n+]1C. The third kappa shape index (κ3) is 4.72. The Morgan fingerprint density at radius 1 is 1.12 bits per heavy atom. The second-order valence-corrected chi connectivity index (χ2v) is 5.76. The van der Waals surface area contributed by atoms with Crippen molar-refractivity contribution >= 4 is 17.6 Å². The van der Waals surface area contributed by atoms with Gasteiger partial charge in [0.15, 0.2) is 6.20 Å². The number of aryl methyl sites for hydroxylation is 1. The summed E-state index contributed by atoms with van der Waals surface area (Å²) in [5.41, 5.74) is 3.16. The van der Waals surface area contributed by atoms with Gasteiger partial charge in [0.05, 0.1) is 6.61 Å². The van der Waals surface area contributed by atoms with Crippen LogP contribution in [0.2, 0.25) is 0 Å². The quantitative estimate of drug-likeness (QED) is 0.420. The van der Waals surface area contributed by atoms with Gasteiger partial charge >= 0.3 is 0 Å². The van der Waals surface area contributed by atoms with Gasteiger partial charge in [-0.05, 0) is 39.0 Å². The summed E-state index contributed by atoms with van der Waals surface area (Å²) in [5.74, 6) is 0.851. The van der Waals surface area contributed by atoms with Gasteiger partial charge in [-0.3, -0.25) is 5.01 Å². The number of anilines is 2. The van der Waals surface area contributed by atoms with Crippen LogP contribution in [0.5, 0.6) is 5.75 Å².